The van der Waals surface area contributed by atoms with E-state index in [0.717, 1.165) is 37.9 Å². The van der Waals surface area contributed by atoms with Crippen molar-refractivity contribution in [2.45, 2.75) is 25.4 Å². The summed E-state index contributed by atoms with van der Waals surface area (Å²) in [5.74, 6) is 0.346. The zero-order valence-corrected chi connectivity index (χ0v) is 12.3. The quantitative estimate of drug-likeness (QED) is 0.901. The van der Waals surface area contributed by atoms with Crippen molar-refractivity contribution in [2.75, 3.05) is 13.1 Å². The second kappa shape index (κ2) is 6.88. The molecule has 2 N–H and O–H groups in total. The molecule has 2 heteroatoms. The summed E-state index contributed by atoms with van der Waals surface area (Å²) in [6, 6.07) is 18.9. The summed E-state index contributed by atoms with van der Waals surface area (Å²) in [4.78, 5) is 0. The highest BCUT2D eigenvalue weighted by Gasteiger charge is 2.22. The number of hydrogen-bond donors (Lipinski definition) is 2. The van der Waals surface area contributed by atoms with Crippen molar-refractivity contribution in [3.8, 4) is 0 Å². The molecule has 0 aromatic heterocycles. The van der Waals surface area contributed by atoms with Crippen molar-refractivity contribution in [3.05, 3.63) is 71.3 Å². The van der Waals surface area contributed by atoms with Crippen LogP contribution in [0.1, 0.15) is 35.6 Å². The van der Waals surface area contributed by atoms with Crippen molar-refractivity contribution in [1.82, 2.24) is 5.32 Å². The minimum absolute atomic E-state index is 0.344. The molecule has 1 heterocycles. The zero-order chi connectivity index (χ0) is 14.5. The lowest BCUT2D eigenvalue weighted by Crippen LogP contribution is -2.33. The molecular weight excluding hydrogens is 258 g/mol. The number of aliphatic hydroxyl groups excluding tert-OH is 1. The summed E-state index contributed by atoms with van der Waals surface area (Å²) >= 11 is 0. The molecule has 0 spiro atoms. The van der Waals surface area contributed by atoms with Gasteiger partial charge in [0.2, 0.25) is 0 Å². The Balaban J connectivity index is 1.66. The Morgan fingerprint density at radius 2 is 1.71 bits per heavy atom. The van der Waals surface area contributed by atoms with Gasteiger partial charge in [0.1, 0.15) is 0 Å². The van der Waals surface area contributed by atoms with Gasteiger partial charge in [-0.3, -0.25) is 0 Å². The first-order chi connectivity index (χ1) is 10.3. The van der Waals surface area contributed by atoms with Crippen molar-refractivity contribution in [2.24, 2.45) is 5.92 Å². The van der Waals surface area contributed by atoms with E-state index in [0.29, 0.717) is 5.92 Å². The fourth-order valence-electron chi connectivity index (χ4n) is 3.08. The van der Waals surface area contributed by atoms with E-state index in [1.807, 2.05) is 6.07 Å². The van der Waals surface area contributed by atoms with Gasteiger partial charge in [-0.05, 0) is 42.5 Å². The van der Waals surface area contributed by atoms with Gasteiger partial charge in [0, 0.05) is 12.5 Å². The smallest absolute Gasteiger partial charge is 0.0830 e. The van der Waals surface area contributed by atoms with Gasteiger partial charge in [-0.25, -0.2) is 0 Å². The van der Waals surface area contributed by atoms with Crippen LogP contribution in [0.5, 0.6) is 0 Å². The number of hydrogen-bond acceptors (Lipinski definition) is 2. The summed E-state index contributed by atoms with van der Waals surface area (Å²) < 4.78 is 0. The largest absolute Gasteiger partial charge is 0.388 e. The summed E-state index contributed by atoms with van der Waals surface area (Å²) in [6.45, 7) is 2.01. The van der Waals surface area contributed by atoms with E-state index >= 15 is 0 Å². The molecule has 2 unspecified atom stereocenters. The van der Waals surface area contributed by atoms with Crippen LogP contribution in [0, 0.1) is 5.92 Å². The Hall–Kier alpha value is -1.64. The summed E-state index contributed by atoms with van der Waals surface area (Å²) in [7, 11) is 0. The van der Waals surface area contributed by atoms with Crippen LogP contribution >= 0.6 is 0 Å². The number of rotatable bonds is 4. The standard InChI is InChI=1S/C19H23NO/c21-19(18-7-4-12-20-14-18)17-10-8-16(9-11-17)13-15-5-2-1-3-6-15/h1-3,5-6,8-11,18-21H,4,7,12-14H2. The first-order valence-electron chi connectivity index (χ1n) is 7.84. The first kappa shape index (κ1) is 14.3. The van der Waals surface area contributed by atoms with Gasteiger partial charge in [0.15, 0.2) is 0 Å². The molecule has 1 fully saturated rings. The molecule has 3 rings (SSSR count). The number of nitrogens with one attached hydrogen (secondary N) is 1. The molecule has 21 heavy (non-hydrogen) atoms. The average molecular weight is 281 g/mol. The third-order valence-corrected chi connectivity index (χ3v) is 4.35. The molecule has 0 radical (unpaired) electrons. The fraction of sp³-hybridized carbons (Fsp3) is 0.368. The van der Waals surface area contributed by atoms with Gasteiger partial charge in [-0.15, -0.1) is 0 Å². The van der Waals surface area contributed by atoms with Crippen LogP contribution in [0.15, 0.2) is 54.6 Å². The molecule has 2 atom stereocenters. The van der Waals surface area contributed by atoms with E-state index in [9.17, 15) is 5.11 Å². The molecule has 1 aliphatic rings. The lowest BCUT2D eigenvalue weighted by Gasteiger charge is -2.27. The van der Waals surface area contributed by atoms with E-state index in [1.54, 1.807) is 0 Å². The maximum absolute atomic E-state index is 10.5. The zero-order valence-electron chi connectivity index (χ0n) is 12.3. The second-order valence-electron chi connectivity index (χ2n) is 5.96. The van der Waals surface area contributed by atoms with E-state index < -0.39 is 0 Å². The molecule has 0 saturated carbocycles. The summed E-state index contributed by atoms with van der Waals surface area (Å²) in [6.07, 6.45) is 2.87. The predicted octanol–water partition coefficient (Wildman–Crippen LogP) is 3.31. The van der Waals surface area contributed by atoms with Crippen molar-refractivity contribution in [1.29, 1.82) is 0 Å². The molecule has 0 amide bonds. The van der Waals surface area contributed by atoms with Crippen LogP contribution in [0.25, 0.3) is 0 Å². The third-order valence-electron chi connectivity index (χ3n) is 4.35. The average Bonchev–Trinajstić information content (AvgIpc) is 2.57. The highest BCUT2D eigenvalue weighted by Crippen LogP contribution is 2.27. The highest BCUT2D eigenvalue weighted by molar-refractivity contribution is 5.29. The van der Waals surface area contributed by atoms with E-state index in [2.05, 4.69) is 53.8 Å². The normalized spacial score (nSPS) is 20.1. The first-order valence-corrected chi connectivity index (χ1v) is 7.84. The number of benzene rings is 2. The monoisotopic (exact) mass is 281 g/mol. The molecule has 2 aromatic carbocycles. The van der Waals surface area contributed by atoms with Crippen LogP contribution in [-0.4, -0.2) is 18.2 Å². The predicted molar refractivity (Wildman–Crippen MR) is 86.2 cm³/mol. The van der Waals surface area contributed by atoms with E-state index in [-0.39, 0.29) is 6.10 Å². The van der Waals surface area contributed by atoms with Crippen LogP contribution in [-0.2, 0) is 6.42 Å². The molecule has 1 aliphatic heterocycles. The minimum Gasteiger partial charge on any atom is -0.388 e. The fourth-order valence-corrected chi connectivity index (χ4v) is 3.08. The van der Waals surface area contributed by atoms with Crippen LogP contribution < -0.4 is 5.32 Å². The van der Waals surface area contributed by atoms with Crippen molar-refractivity contribution >= 4 is 0 Å². The molecule has 2 nitrogen and oxygen atoms in total. The maximum Gasteiger partial charge on any atom is 0.0830 e. The molecule has 0 bridgehead atoms. The van der Waals surface area contributed by atoms with Gasteiger partial charge in [-0.2, -0.15) is 0 Å². The number of aliphatic hydroxyl groups is 1. The van der Waals surface area contributed by atoms with E-state index in [1.165, 1.54) is 11.1 Å². The van der Waals surface area contributed by atoms with Crippen molar-refractivity contribution < 1.29 is 5.11 Å². The molecular formula is C19H23NO. The summed E-state index contributed by atoms with van der Waals surface area (Å²) in [5.41, 5.74) is 3.65. The van der Waals surface area contributed by atoms with Gasteiger partial charge >= 0.3 is 0 Å². The Morgan fingerprint density at radius 1 is 1.00 bits per heavy atom. The van der Waals surface area contributed by atoms with Crippen LogP contribution in [0.2, 0.25) is 0 Å². The lowest BCUT2D eigenvalue weighted by molar-refractivity contribution is 0.0921. The highest BCUT2D eigenvalue weighted by atomic mass is 16.3. The number of piperidine rings is 1. The lowest BCUT2D eigenvalue weighted by atomic mass is 9.89. The van der Waals surface area contributed by atoms with Crippen molar-refractivity contribution in [3.63, 3.8) is 0 Å². The summed E-state index contributed by atoms with van der Waals surface area (Å²) in [5, 5.41) is 13.9. The SMILES string of the molecule is OC(c1ccc(Cc2ccccc2)cc1)C1CCCNC1. The Kier molecular flexibility index (Phi) is 4.69. The van der Waals surface area contributed by atoms with Crippen LogP contribution in [0.4, 0.5) is 0 Å². The molecule has 0 aliphatic carbocycles. The van der Waals surface area contributed by atoms with Gasteiger partial charge in [0.25, 0.3) is 0 Å². The molecule has 2 aromatic rings. The minimum atomic E-state index is -0.344. The Morgan fingerprint density at radius 3 is 2.38 bits per heavy atom. The van der Waals surface area contributed by atoms with E-state index in [4.69, 9.17) is 0 Å². The van der Waals surface area contributed by atoms with Crippen LogP contribution in [0.3, 0.4) is 0 Å². The van der Waals surface area contributed by atoms with Gasteiger partial charge in [-0.1, -0.05) is 54.6 Å². The topological polar surface area (TPSA) is 32.3 Å². The Labute approximate surface area is 126 Å². The maximum atomic E-state index is 10.5. The third kappa shape index (κ3) is 3.72. The van der Waals surface area contributed by atoms with Gasteiger partial charge in [0.05, 0.1) is 6.10 Å². The Bertz CT molecular complexity index is 544. The van der Waals surface area contributed by atoms with Gasteiger partial charge < -0.3 is 10.4 Å². The molecule has 1 saturated heterocycles. The molecule has 110 valence electrons. The second-order valence-corrected chi connectivity index (χ2v) is 5.96.